The van der Waals surface area contributed by atoms with Crippen LogP contribution in [0.15, 0.2) is 46.0 Å². The first kappa shape index (κ1) is 16.2. The molecule has 4 nitrogen and oxygen atoms in total. The monoisotopic (exact) mass is 363 g/mol. The number of benzene rings is 2. The number of hydrogen-bond acceptors (Lipinski definition) is 2. The molecule has 114 valence electrons. The molecule has 0 radical (unpaired) electrons. The van der Waals surface area contributed by atoms with Gasteiger partial charge in [0.05, 0.1) is 10.7 Å². The zero-order valence-corrected chi connectivity index (χ0v) is 13.7. The summed E-state index contributed by atoms with van der Waals surface area (Å²) in [5.41, 5.74) is 5.59. The summed E-state index contributed by atoms with van der Waals surface area (Å²) in [6, 6.07) is 9.88. The number of hydrogen-bond donors (Lipinski definition) is 2. The average molecular weight is 364 g/mol. The van der Waals surface area contributed by atoms with E-state index >= 15 is 0 Å². The summed E-state index contributed by atoms with van der Waals surface area (Å²) in [5, 5.41) is 6.54. The third-order valence-corrected chi connectivity index (χ3v) is 3.69. The summed E-state index contributed by atoms with van der Waals surface area (Å²) >= 11 is 3.07. The molecule has 0 unspecified atom stereocenters. The van der Waals surface area contributed by atoms with Crippen LogP contribution in [-0.2, 0) is 0 Å². The molecule has 0 saturated heterocycles. The minimum atomic E-state index is -0.453. The number of halogens is 2. The van der Waals surface area contributed by atoms with Crippen LogP contribution in [0, 0.1) is 19.7 Å². The Morgan fingerprint density at radius 3 is 2.55 bits per heavy atom. The lowest BCUT2D eigenvalue weighted by Gasteiger charge is -2.10. The molecule has 0 aliphatic heterocycles. The SMILES string of the molecule is Cc1cccc(C)c1NC(=O)N/N=C/c1ccc(Br)c(F)c1. The van der Waals surface area contributed by atoms with E-state index in [0.717, 1.165) is 16.8 Å². The number of nitrogens with zero attached hydrogens (tertiary/aromatic N) is 1. The number of para-hydroxylation sites is 1. The highest BCUT2D eigenvalue weighted by molar-refractivity contribution is 9.10. The molecule has 0 saturated carbocycles. The van der Waals surface area contributed by atoms with Gasteiger partial charge in [-0.25, -0.2) is 14.6 Å². The standard InChI is InChI=1S/C16H15BrFN3O/c1-10-4-3-5-11(2)15(10)20-16(22)21-19-9-12-6-7-13(17)14(18)8-12/h3-9H,1-2H3,(H2,20,21,22)/b19-9+. The van der Waals surface area contributed by atoms with Gasteiger partial charge in [0.2, 0.25) is 0 Å². The summed E-state index contributed by atoms with van der Waals surface area (Å²) in [5.74, 6) is -0.385. The summed E-state index contributed by atoms with van der Waals surface area (Å²) < 4.78 is 13.7. The first-order valence-corrected chi connectivity index (χ1v) is 7.38. The minimum absolute atomic E-state index is 0.380. The second-order valence-corrected chi connectivity index (χ2v) is 5.62. The highest BCUT2D eigenvalue weighted by Crippen LogP contribution is 2.19. The smallest absolute Gasteiger partial charge is 0.306 e. The molecule has 22 heavy (non-hydrogen) atoms. The fraction of sp³-hybridized carbons (Fsp3) is 0.125. The molecular formula is C16H15BrFN3O. The van der Waals surface area contributed by atoms with E-state index in [1.54, 1.807) is 12.1 Å². The van der Waals surface area contributed by atoms with Crippen molar-refractivity contribution in [1.29, 1.82) is 0 Å². The van der Waals surface area contributed by atoms with E-state index in [0.29, 0.717) is 10.0 Å². The Labute approximate surface area is 136 Å². The summed E-state index contributed by atoms with van der Waals surface area (Å²) in [6.45, 7) is 3.83. The molecule has 2 amide bonds. The van der Waals surface area contributed by atoms with Crippen LogP contribution in [0.5, 0.6) is 0 Å². The van der Waals surface area contributed by atoms with Crippen molar-refractivity contribution < 1.29 is 9.18 Å². The second-order valence-electron chi connectivity index (χ2n) is 4.76. The molecule has 2 N–H and O–H groups in total. The van der Waals surface area contributed by atoms with Gasteiger partial charge < -0.3 is 5.32 Å². The Morgan fingerprint density at radius 1 is 1.23 bits per heavy atom. The number of aryl methyl sites for hydroxylation is 2. The molecule has 0 aromatic heterocycles. The van der Waals surface area contributed by atoms with E-state index in [2.05, 4.69) is 31.8 Å². The third-order valence-electron chi connectivity index (χ3n) is 3.04. The first-order chi connectivity index (χ1) is 10.5. The van der Waals surface area contributed by atoms with E-state index in [4.69, 9.17) is 0 Å². The number of carbonyl (C=O) groups is 1. The van der Waals surface area contributed by atoms with Gasteiger partial charge in [0.1, 0.15) is 5.82 Å². The number of nitrogens with one attached hydrogen (secondary N) is 2. The predicted octanol–water partition coefficient (Wildman–Crippen LogP) is 4.36. The topological polar surface area (TPSA) is 53.5 Å². The number of carbonyl (C=O) groups excluding carboxylic acids is 1. The molecule has 2 aromatic carbocycles. The molecule has 0 aliphatic rings. The van der Waals surface area contributed by atoms with Gasteiger partial charge in [-0.1, -0.05) is 24.3 Å². The highest BCUT2D eigenvalue weighted by atomic mass is 79.9. The molecule has 2 rings (SSSR count). The lowest BCUT2D eigenvalue weighted by Crippen LogP contribution is -2.25. The van der Waals surface area contributed by atoms with Crippen LogP contribution in [0.2, 0.25) is 0 Å². The van der Waals surface area contributed by atoms with Gasteiger partial charge in [-0.3, -0.25) is 0 Å². The Balaban J connectivity index is 1.98. The fourth-order valence-corrected chi connectivity index (χ4v) is 2.16. The van der Waals surface area contributed by atoms with Gasteiger partial charge in [0, 0.05) is 5.69 Å². The van der Waals surface area contributed by atoms with E-state index < -0.39 is 6.03 Å². The zero-order chi connectivity index (χ0) is 16.1. The Morgan fingerprint density at radius 2 is 1.91 bits per heavy atom. The van der Waals surface area contributed by atoms with Crippen molar-refractivity contribution in [2.75, 3.05) is 5.32 Å². The minimum Gasteiger partial charge on any atom is -0.306 e. The Kier molecular flexibility index (Phi) is 5.27. The summed E-state index contributed by atoms with van der Waals surface area (Å²) in [7, 11) is 0. The molecule has 0 fully saturated rings. The quantitative estimate of drug-likeness (QED) is 0.617. The third kappa shape index (κ3) is 4.14. The molecule has 6 heteroatoms. The zero-order valence-electron chi connectivity index (χ0n) is 12.2. The second kappa shape index (κ2) is 7.17. The van der Waals surface area contributed by atoms with Crippen LogP contribution >= 0.6 is 15.9 Å². The largest absolute Gasteiger partial charge is 0.339 e. The van der Waals surface area contributed by atoms with E-state index in [9.17, 15) is 9.18 Å². The van der Waals surface area contributed by atoms with Crippen molar-refractivity contribution >= 4 is 33.9 Å². The molecule has 0 spiro atoms. The van der Waals surface area contributed by atoms with Crippen LogP contribution < -0.4 is 10.7 Å². The van der Waals surface area contributed by atoms with Crippen molar-refractivity contribution in [3.05, 3.63) is 63.4 Å². The van der Waals surface area contributed by atoms with E-state index in [1.807, 2.05) is 32.0 Å². The highest BCUT2D eigenvalue weighted by Gasteiger charge is 2.05. The van der Waals surface area contributed by atoms with Gasteiger partial charge in [-0.05, 0) is 58.6 Å². The van der Waals surface area contributed by atoms with E-state index in [-0.39, 0.29) is 5.82 Å². The number of amides is 2. The van der Waals surface area contributed by atoms with Crippen molar-refractivity contribution in [2.24, 2.45) is 5.10 Å². The Hall–Kier alpha value is -2.21. The maximum atomic E-state index is 13.3. The van der Waals surface area contributed by atoms with E-state index in [1.165, 1.54) is 12.3 Å². The van der Waals surface area contributed by atoms with Crippen LogP contribution in [0.25, 0.3) is 0 Å². The predicted molar refractivity (Wildman–Crippen MR) is 89.8 cm³/mol. The van der Waals surface area contributed by atoms with Crippen LogP contribution in [0.1, 0.15) is 16.7 Å². The van der Waals surface area contributed by atoms with Crippen molar-refractivity contribution in [1.82, 2.24) is 5.43 Å². The molecule has 0 heterocycles. The number of rotatable bonds is 3. The molecule has 0 bridgehead atoms. The number of hydrazone groups is 1. The van der Waals surface area contributed by atoms with Crippen LogP contribution in [0.4, 0.5) is 14.9 Å². The van der Waals surface area contributed by atoms with Gasteiger partial charge in [-0.15, -0.1) is 0 Å². The summed E-state index contributed by atoms with van der Waals surface area (Å²) in [6.07, 6.45) is 1.37. The summed E-state index contributed by atoms with van der Waals surface area (Å²) in [4.78, 5) is 11.8. The fourth-order valence-electron chi connectivity index (χ4n) is 1.91. The number of urea groups is 1. The van der Waals surface area contributed by atoms with Crippen LogP contribution in [0.3, 0.4) is 0 Å². The maximum absolute atomic E-state index is 13.3. The number of anilines is 1. The van der Waals surface area contributed by atoms with Gasteiger partial charge in [0.25, 0.3) is 0 Å². The molecular weight excluding hydrogens is 349 g/mol. The van der Waals surface area contributed by atoms with Crippen molar-refractivity contribution in [3.63, 3.8) is 0 Å². The molecule has 0 aliphatic carbocycles. The molecule has 2 aromatic rings. The first-order valence-electron chi connectivity index (χ1n) is 6.58. The average Bonchev–Trinajstić information content (AvgIpc) is 2.47. The lowest BCUT2D eigenvalue weighted by atomic mass is 10.1. The Bertz CT molecular complexity index is 711. The normalized spacial score (nSPS) is 10.7. The van der Waals surface area contributed by atoms with Crippen molar-refractivity contribution in [3.8, 4) is 0 Å². The van der Waals surface area contributed by atoms with Gasteiger partial charge >= 0.3 is 6.03 Å². The maximum Gasteiger partial charge on any atom is 0.339 e. The van der Waals surface area contributed by atoms with Crippen molar-refractivity contribution in [2.45, 2.75) is 13.8 Å². The van der Waals surface area contributed by atoms with Gasteiger partial charge in [-0.2, -0.15) is 5.10 Å². The molecule has 0 atom stereocenters. The lowest BCUT2D eigenvalue weighted by molar-refractivity contribution is 0.252. The van der Waals surface area contributed by atoms with Crippen LogP contribution in [-0.4, -0.2) is 12.2 Å². The van der Waals surface area contributed by atoms with Gasteiger partial charge in [0.15, 0.2) is 0 Å².